The molecule has 0 bridgehead atoms. The minimum absolute atomic E-state index is 0.0232. The van der Waals surface area contributed by atoms with Gasteiger partial charge in [-0.25, -0.2) is 0 Å². The van der Waals surface area contributed by atoms with Gasteiger partial charge < -0.3 is 41.1 Å². The maximum atomic E-state index is 13.5. The van der Waals surface area contributed by atoms with Crippen LogP contribution < -0.4 is 24.7 Å². The summed E-state index contributed by atoms with van der Waals surface area (Å²) in [6.07, 6.45) is 8.29. The smallest absolute Gasteiger partial charge is 0.148 e. The van der Waals surface area contributed by atoms with E-state index in [0.717, 1.165) is 43.0 Å². The molecule has 7 aromatic rings. The number of rotatable bonds is 12. The molecule has 0 saturated heterocycles. The van der Waals surface area contributed by atoms with Crippen LogP contribution in [0.1, 0.15) is 6.42 Å². The molecular formula is C48H38N5O4-3. The number of allylic oxidation sites excluding steroid dienone is 2. The molecule has 0 aliphatic heterocycles. The highest BCUT2D eigenvalue weighted by Crippen LogP contribution is 2.53. The third kappa shape index (κ3) is 7.40. The van der Waals surface area contributed by atoms with Gasteiger partial charge in [-0.15, -0.1) is 0 Å². The number of benzene rings is 7. The van der Waals surface area contributed by atoms with Crippen molar-refractivity contribution >= 4 is 62.6 Å². The standard InChI is InChI=1S/C48H38N5O4/c54-49(37-13-5-1-6-14-37)41-21-29-45(30-22-41)53(46-31-23-42(24-32-46)50(55)38-15-7-2-8-16-38,47-33-25-43(26-34-47)51(56)39-17-9-3-10-18-39)48-35-27-44(28-36-48)52(57)40-19-11-4-12-20-40/h1-19,21-36,40H,20H2/q-3. The molecule has 7 aromatic carbocycles. The lowest BCUT2D eigenvalue weighted by atomic mass is 10.0. The van der Waals surface area contributed by atoms with Gasteiger partial charge >= 0.3 is 0 Å². The Bertz CT molecular complexity index is 2210. The molecule has 0 N–H and O–H groups in total. The molecular weight excluding hydrogens is 711 g/mol. The molecule has 0 heterocycles. The first-order valence-corrected chi connectivity index (χ1v) is 18.6. The SMILES string of the molecule is [O-]N(c1ccccc1)c1ccc([N+](c2ccc(N([O-])c3ccccc3)cc2)(c2ccc(N([O-])c3ccccc3)cc2)c2ccc(N([O-])C3C=CC=CC3)cc2)cc1. The fourth-order valence-corrected chi connectivity index (χ4v) is 7.22. The van der Waals surface area contributed by atoms with Crippen molar-refractivity contribution < 1.29 is 0 Å². The Morgan fingerprint density at radius 2 is 0.649 bits per heavy atom. The van der Waals surface area contributed by atoms with Gasteiger partial charge in [-0.3, -0.25) is 0 Å². The first kappa shape index (κ1) is 37.0. The van der Waals surface area contributed by atoms with Gasteiger partial charge in [0.05, 0.1) is 0 Å². The van der Waals surface area contributed by atoms with Gasteiger partial charge in [0.1, 0.15) is 22.7 Å². The van der Waals surface area contributed by atoms with E-state index in [4.69, 9.17) is 0 Å². The van der Waals surface area contributed by atoms with E-state index in [9.17, 15) is 20.8 Å². The molecule has 0 saturated carbocycles. The predicted molar refractivity (Wildman–Crippen MR) is 235 cm³/mol. The highest BCUT2D eigenvalue weighted by molar-refractivity contribution is 5.85. The largest absolute Gasteiger partial charge is 0.758 e. The summed E-state index contributed by atoms with van der Waals surface area (Å²) in [6.45, 7) is 0. The molecule has 1 unspecified atom stereocenters. The molecule has 0 fully saturated rings. The van der Waals surface area contributed by atoms with Crippen LogP contribution in [0.15, 0.2) is 212 Å². The molecule has 0 spiro atoms. The summed E-state index contributed by atoms with van der Waals surface area (Å²) >= 11 is 0. The monoisotopic (exact) mass is 748 g/mol. The first-order valence-electron chi connectivity index (χ1n) is 18.6. The molecule has 1 aliphatic carbocycles. The van der Waals surface area contributed by atoms with Crippen LogP contribution in [-0.2, 0) is 0 Å². The zero-order valence-electron chi connectivity index (χ0n) is 30.9. The van der Waals surface area contributed by atoms with Gasteiger partial charge in [0.15, 0.2) is 0 Å². The van der Waals surface area contributed by atoms with Gasteiger partial charge in [-0.1, -0.05) is 78.9 Å². The average molecular weight is 749 g/mol. The zero-order valence-corrected chi connectivity index (χ0v) is 30.9. The fourth-order valence-electron chi connectivity index (χ4n) is 7.22. The third-order valence-electron chi connectivity index (χ3n) is 10.1. The molecule has 57 heavy (non-hydrogen) atoms. The minimum atomic E-state index is -0.327. The Kier molecular flexibility index (Phi) is 10.6. The summed E-state index contributed by atoms with van der Waals surface area (Å²) in [4.78, 5) is 0. The Labute approximate surface area is 332 Å². The van der Waals surface area contributed by atoms with Crippen molar-refractivity contribution in [3.05, 3.63) is 233 Å². The molecule has 0 amide bonds. The number of hydroxylamine groups is 1. The van der Waals surface area contributed by atoms with E-state index in [1.807, 2.05) is 140 Å². The van der Waals surface area contributed by atoms with Crippen molar-refractivity contribution in [2.24, 2.45) is 0 Å². The summed E-state index contributed by atoms with van der Waals surface area (Å²) in [7, 11) is 0. The van der Waals surface area contributed by atoms with Crippen molar-refractivity contribution in [2.45, 2.75) is 12.5 Å². The van der Waals surface area contributed by atoms with Crippen LogP contribution in [0.25, 0.3) is 0 Å². The molecule has 9 nitrogen and oxygen atoms in total. The second kappa shape index (κ2) is 16.4. The van der Waals surface area contributed by atoms with Crippen LogP contribution in [0.5, 0.6) is 0 Å². The van der Waals surface area contributed by atoms with Crippen molar-refractivity contribution in [1.29, 1.82) is 0 Å². The lowest BCUT2D eigenvalue weighted by Gasteiger charge is -2.40. The maximum Gasteiger partial charge on any atom is 0.148 e. The van der Waals surface area contributed by atoms with Crippen LogP contribution in [-0.4, -0.2) is 6.04 Å². The summed E-state index contributed by atoms with van der Waals surface area (Å²) < 4.78 is -0.0232. The Morgan fingerprint density at radius 3 is 0.947 bits per heavy atom. The topological polar surface area (TPSA) is 105 Å². The average Bonchev–Trinajstić information content (AvgIpc) is 3.30. The number of hydrogen-bond acceptors (Lipinski definition) is 8. The predicted octanol–water partition coefficient (Wildman–Crippen LogP) is 13.1. The number of quaternary nitrogens is 1. The van der Waals surface area contributed by atoms with Gasteiger partial charge in [-0.05, 0) is 91.3 Å². The second-order valence-corrected chi connectivity index (χ2v) is 13.6. The molecule has 1 atom stereocenters. The molecule has 8 rings (SSSR count). The number of para-hydroxylation sites is 3. The van der Waals surface area contributed by atoms with E-state index in [1.54, 1.807) is 72.8 Å². The van der Waals surface area contributed by atoms with Crippen LogP contribution in [0.4, 0.5) is 62.6 Å². The van der Waals surface area contributed by atoms with Crippen LogP contribution in [0.3, 0.4) is 0 Å². The number of anilines is 7. The highest BCUT2D eigenvalue weighted by Gasteiger charge is 2.39. The molecule has 0 aromatic heterocycles. The lowest BCUT2D eigenvalue weighted by molar-refractivity contribution is 0.703. The van der Waals surface area contributed by atoms with Crippen molar-refractivity contribution in [3.63, 3.8) is 0 Å². The molecule has 9 heteroatoms. The first-order chi connectivity index (χ1) is 27.9. The van der Waals surface area contributed by atoms with Crippen molar-refractivity contribution in [3.8, 4) is 0 Å². The Balaban J connectivity index is 1.29. The maximum absolute atomic E-state index is 13.5. The minimum Gasteiger partial charge on any atom is -0.758 e. The summed E-state index contributed by atoms with van der Waals surface area (Å²) in [5, 5.41) is 57.7. The third-order valence-corrected chi connectivity index (χ3v) is 10.1. The molecule has 0 radical (unpaired) electrons. The van der Waals surface area contributed by atoms with Crippen LogP contribution in [0, 0.1) is 20.8 Å². The van der Waals surface area contributed by atoms with Gasteiger partial charge in [0.2, 0.25) is 0 Å². The van der Waals surface area contributed by atoms with Gasteiger partial charge in [0, 0.05) is 94.4 Å². The summed E-state index contributed by atoms with van der Waals surface area (Å²) in [5.74, 6) is 0. The molecule has 1 aliphatic rings. The lowest BCUT2D eigenvalue weighted by Crippen LogP contribution is -2.33. The highest BCUT2D eigenvalue weighted by atomic mass is 16.5. The van der Waals surface area contributed by atoms with E-state index in [1.165, 1.54) is 0 Å². The summed E-state index contributed by atoms with van der Waals surface area (Å²) in [6, 6.07) is 56.4. The Morgan fingerprint density at radius 1 is 0.351 bits per heavy atom. The van der Waals surface area contributed by atoms with E-state index in [2.05, 4.69) is 0 Å². The number of nitrogens with zero attached hydrogens (tertiary/aromatic N) is 5. The van der Waals surface area contributed by atoms with E-state index in [-0.39, 0.29) is 10.5 Å². The van der Waals surface area contributed by atoms with E-state index in [0.29, 0.717) is 46.2 Å². The number of hydrogen-bond donors (Lipinski definition) is 0. The van der Waals surface area contributed by atoms with Crippen molar-refractivity contribution in [2.75, 3.05) is 20.3 Å². The fraction of sp³-hybridized carbons (Fsp3) is 0.0417. The van der Waals surface area contributed by atoms with E-state index >= 15 is 0 Å². The van der Waals surface area contributed by atoms with Crippen molar-refractivity contribution in [1.82, 2.24) is 4.48 Å². The second-order valence-electron chi connectivity index (χ2n) is 13.6. The van der Waals surface area contributed by atoms with Crippen LogP contribution in [0.2, 0.25) is 0 Å². The summed E-state index contributed by atoms with van der Waals surface area (Å²) in [5.41, 5.74) is 6.37. The van der Waals surface area contributed by atoms with E-state index < -0.39 is 0 Å². The van der Waals surface area contributed by atoms with Gasteiger partial charge in [-0.2, -0.15) is 4.48 Å². The molecule has 282 valence electrons. The van der Waals surface area contributed by atoms with Crippen LogP contribution >= 0.6 is 0 Å². The van der Waals surface area contributed by atoms with Gasteiger partial charge in [0.25, 0.3) is 0 Å². The zero-order chi connectivity index (χ0) is 39.2. The Hall–Kier alpha value is -6.98. The quantitative estimate of drug-likeness (QED) is 0.0898. The normalized spacial score (nSPS) is 13.6.